The molecule has 0 aromatic heterocycles. The van der Waals surface area contributed by atoms with Gasteiger partial charge in [0.05, 0.1) is 18.6 Å². The lowest BCUT2D eigenvalue weighted by atomic mass is 9.85. The molecule has 10 heteroatoms. The molecule has 0 spiro atoms. The van der Waals surface area contributed by atoms with Crippen LogP contribution in [0.25, 0.3) is 10.8 Å². The molecule has 2 saturated heterocycles. The van der Waals surface area contributed by atoms with Gasteiger partial charge < -0.3 is 25.2 Å². The van der Waals surface area contributed by atoms with Crippen LogP contribution in [0.2, 0.25) is 0 Å². The molecule has 10 nitrogen and oxygen atoms in total. The van der Waals surface area contributed by atoms with Gasteiger partial charge in [-0.15, -0.1) is 0 Å². The quantitative estimate of drug-likeness (QED) is 0.438. The molecule has 0 saturated carbocycles. The number of likely N-dealkylation sites (tertiary alicyclic amines) is 2. The van der Waals surface area contributed by atoms with Crippen LogP contribution in [-0.4, -0.2) is 77.1 Å². The predicted molar refractivity (Wildman–Crippen MR) is 163 cm³/mol. The zero-order valence-corrected chi connectivity index (χ0v) is 25.8. The Morgan fingerprint density at radius 2 is 1.67 bits per heavy atom. The van der Waals surface area contributed by atoms with Crippen LogP contribution in [0.4, 0.5) is 15.3 Å². The van der Waals surface area contributed by atoms with Crippen LogP contribution in [0.3, 0.4) is 0 Å². The Labute approximate surface area is 248 Å². The molecule has 2 fully saturated rings. The molecule has 2 heterocycles. The first kappa shape index (κ1) is 31.1. The summed E-state index contributed by atoms with van der Waals surface area (Å²) in [7, 11) is 0. The van der Waals surface area contributed by atoms with Gasteiger partial charge in [0.25, 0.3) is 0 Å². The molecule has 2 aromatic carbocycles. The third-order valence-corrected chi connectivity index (χ3v) is 8.25. The molecule has 3 N–H and O–H groups in total. The van der Waals surface area contributed by atoms with Crippen molar-refractivity contribution < 1.29 is 23.9 Å². The fourth-order valence-corrected chi connectivity index (χ4v) is 5.79. The topological polar surface area (TPSA) is 120 Å². The normalized spacial score (nSPS) is 21.6. The smallest absolute Gasteiger partial charge is 0.412 e. The minimum Gasteiger partial charge on any atom is -0.442 e. The molecule has 2 aromatic rings. The number of hydrogen-bond acceptors (Lipinski definition) is 5. The van der Waals surface area contributed by atoms with E-state index in [4.69, 9.17) is 4.74 Å². The van der Waals surface area contributed by atoms with Gasteiger partial charge in [0.15, 0.2) is 0 Å². The highest BCUT2D eigenvalue weighted by atomic mass is 16.6. The van der Waals surface area contributed by atoms with Crippen molar-refractivity contribution in [1.82, 2.24) is 20.4 Å². The molecule has 5 amide bonds. The van der Waals surface area contributed by atoms with Crippen molar-refractivity contribution in [2.45, 2.75) is 91.6 Å². The minimum atomic E-state index is -0.775. The van der Waals surface area contributed by atoms with Gasteiger partial charge in [-0.1, -0.05) is 65.0 Å². The van der Waals surface area contributed by atoms with Gasteiger partial charge in [-0.2, -0.15) is 0 Å². The maximum atomic E-state index is 14.1. The number of rotatable bonds is 7. The highest BCUT2D eigenvalue weighted by molar-refractivity contribution is 5.92. The van der Waals surface area contributed by atoms with E-state index < -0.39 is 29.7 Å². The Morgan fingerprint density at radius 1 is 0.976 bits per heavy atom. The predicted octanol–water partition coefficient (Wildman–Crippen LogP) is 4.74. The van der Waals surface area contributed by atoms with Crippen molar-refractivity contribution in [3.05, 3.63) is 42.5 Å². The highest BCUT2D eigenvalue weighted by Gasteiger charge is 2.55. The number of carbonyl (C=O) groups is 4. The van der Waals surface area contributed by atoms with Crippen LogP contribution in [0.5, 0.6) is 0 Å². The zero-order chi connectivity index (χ0) is 30.8. The summed E-state index contributed by atoms with van der Waals surface area (Å²) in [5, 5.41) is 10.8. The van der Waals surface area contributed by atoms with E-state index in [0.717, 1.165) is 10.8 Å². The van der Waals surface area contributed by atoms with Crippen molar-refractivity contribution in [3.8, 4) is 0 Å². The summed E-state index contributed by atoms with van der Waals surface area (Å²) >= 11 is 0. The molecular formula is C32H45N5O5. The largest absolute Gasteiger partial charge is 0.442 e. The zero-order valence-electron chi connectivity index (χ0n) is 25.8. The number of nitrogens with zero attached hydrogens (tertiary/aromatic N) is 2. The third-order valence-electron chi connectivity index (χ3n) is 8.25. The van der Waals surface area contributed by atoms with Crippen LogP contribution < -0.4 is 16.0 Å². The number of carbonyl (C=O) groups excluding carboxylic acids is 4. The average molecular weight is 580 g/mol. The minimum absolute atomic E-state index is 0.0766. The lowest BCUT2D eigenvalue weighted by Crippen LogP contribution is -2.58. The second-order valence-electron chi connectivity index (χ2n) is 12.9. The fourth-order valence-electron chi connectivity index (χ4n) is 5.79. The number of anilines is 1. The van der Waals surface area contributed by atoms with Gasteiger partial charge in [0.1, 0.15) is 12.1 Å². The van der Waals surface area contributed by atoms with Crippen LogP contribution >= 0.6 is 0 Å². The standard InChI is InChI=1S/C32H45N5O5/c1-8-20(4)28(38)35-27(32(5,6)7)29(39)36-16-15-24-26(36)25(18-37(24)30(40)33-19(2)3)42-31(41)34-23-14-13-21-11-9-10-12-22(21)17-23/h9-14,17,19-20,24-27H,8,15-16,18H2,1-7H3,(H,33,40)(H,34,41)(H,35,38)/t20-,24-,25+,26+,27-/m1/s1. The van der Waals surface area contributed by atoms with Crippen molar-refractivity contribution >= 4 is 40.4 Å². The first-order valence-electron chi connectivity index (χ1n) is 14.9. The number of fused-ring (bicyclic) bond motifs is 2. The molecule has 228 valence electrons. The average Bonchev–Trinajstić information content (AvgIpc) is 3.51. The summed E-state index contributed by atoms with van der Waals surface area (Å²) in [6.07, 6.45) is -0.194. The van der Waals surface area contributed by atoms with Crippen molar-refractivity contribution in [2.75, 3.05) is 18.4 Å². The Morgan fingerprint density at radius 3 is 2.31 bits per heavy atom. The monoisotopic (exact) mass is 579 g/mol. The number of nitrogens with one attached hydrogen (secondary N) is 3. The molecule has 42 heavy (non-hydrogen) atoms. The number of hydrogen-bond donors (Lipinski definition) is 3. The Bertz CT molecular complexity index is 1320. The van der Waals surface area contributed by atoms with Crippen molar-refractivity contribution in [1.29, 1.82) is 0 Å². The second-order valence-corrected chi connectivity index (χ2v) is 12.9. The molecule has 4 rings (SSSR count). The first-order chi connectivity index (χ1) is 19.8. The molecule has 2 aliphatic heterocycles. The van der Waals surface area contributed by atoms with Crippen LogP contribution in [-0.2, 0) is 14.3 Å². The SMILES string of the molecule is CC[C@@H](C)C(=O)N[C@H](C(=O)N1CC[C@@H]2[C@H]1[C@@H](OC(=O)Nc1ccc3ccccc3c1)CN2C(=O)NC(C)C)C(C)(C)C. The Balaban J connectivity index is 1.57. The molecule has 0 aliphatic carbocycles. The van der Waals surface area contributed by atoms with Gasteiger partial charge in [0, 0.05) is 24.2 Å². The summed E-state index contributed by atoms with van der Waals surface area (Å²) < 4.78 is 5.96. The van der Waals surface area contributed by atoms with E-state index >= 15 is 0 Å². The van der Waals surface area contributed by atoms with Crippen LogP contribution in [0, 0.1) is 11.3 Å². The Hall–Kier alpha value is -3.82. The van der Waals surface area contributed by atoms with E-state index in [1.165, 1.54) is 0 Å². The third kappa shape index (κ3) is 6.79. The van der Waals surface area contributed by atoms with E-state index in [1.54, 1.807) is 9.80 Å². The molecule has 5 atom stereocenters. The van der Waals surface area contributed by atoms with E-state index in [-0.39, 0.29) is 42.4 Å². The second kappa shape index (κ2) is 12.6. The summed E-state index contributed by atoms with van der Waals surface area (Å²) in [6.45, 7) is 13.8. The first-order valence-corrected chi connectivity index (χ1v) is 14.9. The molecule has 0 bridgehead atoms. The molecular weight excluding hydrogens is 534 g/mol. The van der Waals surface area contributed by atoms with Crippen molar-refractivity contribution in [2.24, 2.45) is 11.3 Å². The van der Waals surface area contributed by atoms with Crippen LogP contribution in [0.15, 0.2) is 42.5 Å². The number of amides is 5. The molecule has 0 radical (unpaired) electrons. The van der Waals surface area contributed by atoms with E-state index in [1.807, 2.05) is 90.9 Å². The summed E-state index contributed by atoms with van der Waals surface area (Å²) in [5.74, 6) is -0.639. The van der Waals surface area contributed by atoms with Crippen LogP contribution in [0.1, 0.15) is 61.3 Å². The van der Waals surface area contributed by atoms with E-state index in [2.05, 4.69) is 16.0 Å². The molecule has 2 aliphatic rings. The maximum Gasteiger partial charge on any atom is 0.412 e. The number of benzene rings is 2. The number of ether oxygens (including phenoxy) is 1. The molecule has 0 unspecified atom stereocenters. The lowest BCUT2D eigenvalue weighted by Gasteiger charge is -2.37. The highest BCUT2D eigenvalue weighted by Crippen LogP contribution is 2.36. The van der Waals surface area contributed by atoms with Crippen molar-refractivity contribution in [3.63, 3.8) is 0 Å². The fraction of sp³-hybridized carbons (Fsp3) is 0.562. The summed E-state index contributed by atoms with van der Waals surface area (Å²) in [5.41, 5.74) is 0.0256. The summed E-state index contributed by atoms with van der Waals surface area (Å²) in [4.78, 5) is 56.7. The van der Waals surface area contributed by atoms with Gasteiger partial charge >= 0.3 is 12.1 Å². The number of urea groups is 1. The lowest BCUT2D eigenvalue weighted by molar-refractivity contribution is -0.142. The Kier molecular flexibility index (Phi) is 9.33. The van der Waals surface area contributed by atoms with Gasteiger partial charge in [-0.25, -0.2) is 9.59 Å². The van der Waals surface area contributed by atoms with Gasteiger partial charge in [-0.05, 0) is 55.0 Å². The van der Waals surface area contributed by atoms with Gasteiger partial charge in [-0.3, -0.25) is 14.9 Å². The summed E-state index contributed by atoms with van der Waals surface area (Å²) in [6, 6.07) is 11.5. The van der Waals surface area contributed by atoms with Gasteiger partial charge in [0.2, 0.25) is 11.8 Å². The van der Waals surface area contributed by atoms with E-state index in [9.17, 15) is 19.2 Å². The van der Waals surface area contributed by atoms with E-state index in [0.29, 0.717) is 25.1 Å². The maximum absolute atomic E-state index is 14.1.